The average molecular weight is 328 g/mol. The van der Waals surface area contributed by atoms with Gasteiger partial charge in [0.15, 0.2) is 0 Å². The fraction of sp³-hybridized carbons (Fsp3) is 0.667. The van der Waals surface area contributed by atoms with Crippen LogP contribution in [0.3, 0.4) is 0 Å². The van der Waals surface area contributed by atoms with Gasteiger partial charge in [0.05, 0.1) is 10.0 Å². The normalized spacial score (nSPS) is 26.9. The minimum absolute atomic E-state index is 0.235. The third-order valence-electron chi connectivity index (χ3n) is 5.27. The van der Waals surface area contributed by atoms with Gasteiger partial charge in [-0.25, -0.2) is 0 Å². The fourth-order valence-electron chi connectivity index (χ4n) is 3.63. The van der Waals surface area contributed by atoms with Gasteiger partial charge in [-0.2, -0.15) is 0 Å². The van der Waals surface area contributed by atoms with Crippen LogP contribution in [0.1, 0.15) is 52.0 Å². The third-order valence-corrected chi connectivity index (χ3v) is 6.01. The largest absolute Gasteiger partial charge is 0.330 e. The second-order valence-electron chi connectivity index (χ2n) is 7.77. The van der Waals surface area contributed by atoms with E-state index < -0.39 is 0 Å². The molecule has 0 bridgehead atoms. The SMILES string of the molecule is CC(C)(C)C1CCC(CN)(Cc2ccc(Cl)c(Cl)c2)CC1. The number of hydrogen-bond donors (Lipinski definition) is 1. The van der Waals surface area contributed by atoms with Crippen LogP contribution in [0.15, 0.2) is 18.2 Å². The topological polar surface area (TPSA) is 26.0 Å². The maximum Gasteiger partial charge on any atom is 0.0595 e. The van der Waals surface area contributed by atoms with Crippen molar-refractivity contribution in [3.63, 3.8) is 0 Å². The van der Waals surface area contributed by atoms with E-state index in [9.17, 15) is 0 Å². The summed E-state index contributed by atoms with van der Waals surface area (Å²) in [4.78, 5) is 0. The van der Waals surface area contributed by atoms with E-state index >= 15 is 0 Å². The second kappa shape index (κ2) is 6.48. The lowest BCUT2D eigenvalue weighted by Gasteiger charge is -2.44. The van der Waals surface area contributed by atoms with E-state index in [1.165, 1.54) is 31.2 Å². The van der Waals surface area contributed by atoms with Crippen molar-refractivity contribution < 1.29 is 0 Å². The van der Waals surface area contributed by atoms with Gasteiger partial charge >= 0.3 is 0 Å². The zero-order valence-corrected chi connectivity index (χ0v) is 14.9. The highest BCUT2D eigenvalue weighted by Gasteiger charge is 2.37. The van der Waals surface area contributed by atoms with Crippen LogP contribution in [-0.4, -0.2) is 6.54 Å². The molecule has 0 heterocycles. The van der Waals surface area contributed by atoms with Crippen LogP contribution in [0.25, 0.3) is 0 Å². The van der Waals surface area contributed by atoms with Crippen molar-refractivity contribution in [3.05, 3.63) is 33.8 Å². The van der Waals surface area contributed by atoms with Crippen molar-refractivity contribution in [2.75, 3.05) is 6.54 Å². The maximum absolute atomic E-state index is 6.15. The average Bonchev–Trinajstić information content (AvgIpc) is 2.42. The zero-order valence-electron chi connectivity index (χ0n) is 13.4. The van der Waals surface area contributed by atoms with Gasteiger partial charge in [-0.05, 0) is 73.1 Å². The van der Waals surface area contributed by atoms with Crippen molar-refractivity contribution in [2.24, 2.45) is 22.5 Å². The van der Waals surface area contributed by atoms with Crippen molar-refractivity contribution in [1.82, 2.24) is 0 Å². The quantitative estimate of drug-likeness (QED) is 0.755. The van der Waals surface area contributed by atoms with Crippen LogP contribution in [-0.2, 0) is 6.42 Å². The highest BCUT2D eigenvalue weighted by molar-refractivity contribution is 6.42. The van der Waals surface area contributed by atoms with Crippen LogP contribution in [0.5, 0.6) is 0 Å². The summed E-state index contributed by atoms with van der Waals surface area (Å²) in [6.07, 6.45) is 6.00. The van der Waals surface area contributed by atoms with Crippen LogP contribution < -0.4 is 5.73 Å². The monoisotopic (exact) mass is 327 g/mol. The molecule has 0 saturated heterocycles. The van der Waals surface area contributed by atoms with E-state index in [0.717, 1.165) is 18.9 Å². The van der Waals surface area contributed by atoms with Crippen LogP contribution in [0, 0.1) is 16.7 Å². The Kier molecular flexibility index (Phi) is 5.28. The molecule has 1 aliphatic rings. The lowest BCUT2D eigenvalue weighted by Crippen LogP contribution is -2.39. The molecule has 1 aromatic rings. The summed E-state index contributed by atoms with van der Waals surface area (Å²) in [6.45, 7) is 7.81. The van der Waals surface area contributed by atoms with Crippen molar-refractivity contribution in [1.29, 1.82) is 0 Å². The van der Waals surface area contributed by atoms with E-state index in [1.54, 1.807) is 0 Å². The van der Waals surface area contributed by atoms with Gasteiger partial charge in [-0.15, -0.1) is 0 Å². The number of benzene rings is 1. The zero-order chi connectivity index (χ0) is 15.7. The first kappa shape index (κ1) is 17.1. The molecule has 1 saturated carbocycles. The lowest BCUT2D eigenvalue weighted by molar-refractivity contribution is 0.0926. The van der Waals surface area contributed by atoms with Gasteiger partial charge in [-0.1, -0.05) is 50.0 Å². The highest BCUT2D eigenvalue weighted by atomic mass is 35.5. The summed E-state index contributed by atoms with van der Waals surface area (Å²) in [5.74, 6) is 0.811. The molecule has 2 rings (SSSR count). The Morgan fingerprint density at radius 1 is 1.14 bits per heavy atom. The first-order valence-electron chi connectivity index (χ1n) is 7.90. The molecular weight excluding hydrogens is 301 g/mol. The molecule has 0 aromatic heterocycles. The van der Waals surface area contributed by atoms with Gasteiger partial charge in [-0.3, -0.25) is 0 Å². The molecule has 1 nitrogen and oxygen atoms in total. The van der Waals surface area contributed by atoms with Crippen LogP contribution in [0.4, 0.5) is 0 Å². The van der Waals surface area contributed by atoms with Crippen molar-refractivity contribution in [3.8, 4) is 0 Å². The molecule has 1 aliphatic carbocycles. The Morgan fingerprint density at radius 2 is 1.76 bits per heavy atom. The summed E-state index contributed by atoms with van der Waals surface area (Å²) in [6, 6.07) is 5.98. The number of hydrogen-bond acceptors (Lipinski definition) is 1. The molecule has 0 atom stereocenters. The molecule has 0 amide bonds. The Hall–Kier alpha value is -0.240. The molecule has 1 aromatic carbocycles. The predicted molar refractivity (Wildman–Crippen MR) is 93.1 cm³/mol. The second-order valence-corrected chi connectivity index (χ2v) is 8.58. The van der Waals surface area contributed by atoms with E-state index in [2.05, 4.69) is 26.8 Å². The Labute approximate surface area is 139 Å². The minimum Gasteiger partial charge on any atom is -0.330 e. The summed E-state index contributed by atoms with van der Waals surface area (Å²) in [5, 5.41) is 1.27. The first-order valence-corrected chi connectivity index (χ1v) is 8.65. The summed E-state index contributed by atoms with van der Waals surface area (Å²) in [5.41, 5.74) is 8.05. The standard InChI is InChI=1S/C18H27Cl2N/c1-17(2,3)14-6-8-18(12-21,9-7-14)11-13-4-5-15(19)16(20)10-13/h4-5,10,14H,6-9,11-12,21H2,1-3H3. The maximum atomic E-state index is 6.15. The van der Waals surface area contributed by atoms with E-state index in [1.807, 2.05) is 12.1 Å². The van der Waals surface area contributed by atoms with Gasteiger partial charge in [0, 0.05) is 0 Å². The predicted octanol–water partition coefficient (Wildman–Crippen LogP) is 5.72. The molecule has 118 valence electrons. The van der Waals surface area contributed by atoms with E-state index in [0.29, 0.717) is 15.5 Å². The fourth-order valence-corrected chi connectivity index (χ4v) is 3.95. The first-order chi connectivity index (χ1) is 9.76. The summed E-state index contributed by atoms with van der Waals surface area (Å²) in [7, 11) is 0. The molecule has 3 heteroatoms. The molecule has 21 heavy (non-hydrogen) atoms. The summed E-state index contributed by atoms with van der Waals surface area (Å²) < 4.78 is 0. The van der Waals surface area contributed by atoms with Gasteiger partial charge in [0.1, 0.15) is 0 Å². The van der Waals surface area contributed by atoms with Gasteiger partial charge < -0.3 is 5.73 Å². The molecule has 0 aliphatic heterocycles. The Morgan fingerprint density at radius 3 is 2.24 bits per heavy atom. The van der Waals surface area contributed by atoms with Crippen LogP contribution >= 0.6 is 23.2 Å². The van der Waals surface area contributed by atoms with E-state index in [-0.39, 0.29) is 5.41 Å². The molecular formula is C18H27Cl2N. The smallest absolute Gasteiger partial charge is 0.0595 e. The molecule has 0 unspecified atom stereocenters. The number of halogens is 2. The number of rotatable bonds is 3. The molecule has 0 spiro atoms. The Bertz CT molecular complexity index is 482. The van der Waals surface area contributed by atoms with Crippen molar-refractivity contribution >= 4 is 23.2 Å². The Balaban J connectivity index is 2.08. The summed E-state index contributed by atoms with van der Waals surface area (Å²) >= 11 is 12.1. The lowest BCUT2D eigenvalue weighted by atomic mass is 9.62. The third kappa shape index (κ3) is 4.15. The van der Waals surface area contributed by atoms with Crippen molar-refractivity contribution in [2.45, 2.75) is 52.9 Å². The molecule has 1 fully saturated rings. The van der Waals surface area contributed by atoms with Gasteiger partial charge in [0.2, 0.25) is 0 Å². The van der Waals surface area contributed by atoms with Gasteiger partial charge in [0.25, 0.3) is 0 Å². The molecule has 2 N–H and O–H groups in total. The number of nitrogens with two attached hydrogens (primary N) is 1. The minimum atomic E-state index is 0.235. The van der Waals surface area contributed by atoms with Crippen LogP contribution in [0.2, 0.25) is 10.0 Å². The molecule has 0 radical (unpaired) electrons. The van der Waals surface area contributed by atoms with E-state index in [4.69, 9.17) is 28.9 Å². The highest BCUT2D eigenvalue weighted by Crippen LogP contribution is 2.46.